The Hall–Kier alpha value is -3.16. The summed E-state index contributed by atoms with van der Waals surface area (Å²) in [6, 6.07) is 7.42. The third kappa shape index (κ3) is 4.95. The van der Waals surface area contributed by atoms with Gasteiger partial charge in [-0.25, -0.2) is 9.78 Å². The Morgan fingerprint density at radius 3 is 2.45 bits per heavy atom. The number of carbonyl (C=O) groups is 2. The minimum atomic E-state index is -0.486. The quantitative estimate of drug-likeness (QED) is 0.815. The van der Waals surface area contributed by atoms with Crippen molar-refractivity contribution in [2.24, 2.45) is 11.8 Å². The molecule has 0 radical (unpaired) electrons. The molecule has 2 aliphatic rings. The van der Waals surface area contributed by atoms with Gasteiger partial charge in [-0.15, -0.1) is 0 Å². The number of anilines is 2. The maximum Gasteiger partial charge on any atom is 0.410 e. The van der Waals surface area contributed by atoms with Gasteiger partial charge in [-0.05, 0) is 39.8 Å². The molecule has 8 nitrogen and oxygen atoms in total. The van der Waals surface area contributed by atoms with E-state index in [1.165, 1.54) is 0 Å². The Morgan fingerprint density at radius 2 is 1.81 bits per heavy atom. The summed E-state index contributed by atoms with van der Waals surface area (Å²) in [5, 5.41) is 2.83. The Kier molecular flexibility index (Phi) is 5.56. The van der Waals surface area contributed by atoms with Gasteiger partial charge in [-0.2, -0.15) is 0 Å². The first-order valence-corrected chi connectivity index (χ1v) is 10.6. The minimum Gasteiger partial charge on any atom is -0.444 e. The lowest BCUT2D eigenvalue weighted by Crippen LogP contribution is -2.37. The molecule has 0 bridgehead atoms. The van der Waals surface area contributed by atoms with Crippen molar-refractivity contribution in [3.05, 3.63) is 47.8 Å². The smallest absolute Gasteiger partial charge is 0.410 e. The van der Waals surface area contributed by atoms with E-state index >= 15 is 0 Å². The van der Waals surface area contributed by atoms with Crippen LogP contribution < -0.4 is 10.2 Å². The van der Waals surface area contributed by atoms with Gasteiger partial charge in [0, 0.05) is 43.6 Å². The number of aryl methyl sites for hydroxylation is 1. The largest absolute Gasteiger partial charge is 0.444 e. The van der Waals surface area contributed by atoms with E-state index in [1.54, 1.807) is 18.5 Å². The molecule has 2 atom stereocenters. The molecule has 3 heterocycles. The number of ether oxygens (including phenoxy) is 1. The van der Waals surface area contributed by atoms with Crippen LogP contribution in [0.1, 0.15) is 36.7 Å². The number of hydrogen-bond acceptors (Lipinski definition) is 6. The molecule has 0 aliphatic carbocycles. The average molecular weight is 424 g/mol. The highest BCUT2D eigenvalue weighted by atomic mass is 16.6. The molecule has 1 aromatic carbocycles. The second-order valence-electron chi connectivity index (χ2n) is 9.40. The Bertz CT molecular complexity index is 973. The van der Waals surface area contributed by atoms with Crippen molar-refractivity contribution < 1.29 is 14.3 Å². The number of fused-ring (bicyclic) bond motifs is 1. The van der Waals surface area contributed by atoms with Gasteiger partial charge in [0.2, 0.25) is 0 Å². The zero-order chi connectivity index (χ0) is 22.2. The van der Waals surface area contributed by atoms with Gasteiger partial charge in [-0.3, -0.25) is 9.78 Å². The lowest BCUT2D eigenvalue weighted by Gasteiger charge is -2.26. The van der Waals surface area contributed by atoms with Gasteiger partial charge >= 0.3 is 6.09 Å². The van der Waals surface area contributed by atoms with Crippen LogP contribution in [0.5, 0.6) is 0 Å². The highest BCUT2D eigenvalue weighted by Crippen LogP contribution is 2.34. The first-order valence-electron chi connectivity index (χ1n) is 10.6. The van der Waals surface area contributed by atoms with Crippen LogP contribution in [0.2, 0.25) is 0 Å². The van der Waals surface area contributed by atoms with Gasteiger partial charge in [-0.1, -0.05) is 17.7 Å². The van der Waals surface area contributed by atoms with E-state index in [0.29, 0.717) is 36.3 Å². The van der Waals surface area contributed by atoms with E-state index in [2.05, 4.69) is 20.2 Å². The first-order chi connectivity index (χ1) is 14.7. The third-order valence-corrected chi connectivity index (χ3v) is 5.61. The second-order valence-corrected chi connectivity index (χ2v) is 9.40. The molecule has 164 valence electrons. The summed E-state index contributed by atoms with van der Waals surface area (Å²) in [5.41, 5.74) is 1.13. The number of benzene rings is 1. The van der Waals surface area contributed by atoms with Crippen LogP contribution >= 0.6 is 0 Å². The van der Waals surface area contributed by atoms with Gasteiger partial charge < -0.3 is 19.9 Å². The van der Waals surface area contributed by atoms with Crippen molar-refractivity contribution >= 4 is 23.6 Å². The van der Waals surface area contributed by atoms with Crippen molar-refractivity contribution in [3.8, 4) is 0 Å². The fourth-order valence-electron chi connectivity index (χ4n) is 4.20. The Labute approximate surface area is 182 Å². The normalized spacial score (nSPS) is 20.5. The summed E-state index contributed by atoms with van der Waals surface area (Å²) >= 11 is 0. The number of hydrogen-bond donors (Lipinski definition) is 1. The fraction of sp³-hybridized carbons (Fsp3) is 0.478. The summed E-state index contributed by atoms with van der Waals surface area (Å²) < 4.78 is 5.51. The molecule has 2 aromatic rings. The first kappa shape index (κ1) is 21.1. The summed E-state index contributed by atoms with van der Waals surface area (Å²) in [7, 11) is 0. The molecular formula is C23H29N5O3. The lowest BCUT2D eigenvalue weighted by atomic mass is 10.0. The van der Waals surface area contributed by atoms with E-state index in [0.717, 1.165) is 24.5 Å². The molecule has 8 heteroatoms. The Balaban J connectivity index is 1.37. The van der Waals surface area contributed by atoms with E-state index in [1.807, 2.05) is 50.8 Å². The topological polar surface area (TPSA) is 87.7 Å². The maximum atomic E-state index is 12.5. The van der Waals surface area contributed by atoms with E-state index < -0.39 is 5.60 Å². The van der Waals surface area contributed by atoms with Crippen molar-refractivity contribution in [2.75, 3.05) is 36.4 Å². The zero-order valence-electron chi connectivity index (χ0n) is 18.5. The van der Waals surface area contributed by atoms with Gasteiger partial charge in [0.1, 0.15) is 11.4 Å². The van der Waals surface area contributed by atoms with E-state index in [-0.39, 0.29) is 12.0 Å². The van der Waals surface area contributed by atoms with Crippen molar-refractivity contribution in [1.82, 2.24) is 14.9 Å². The van der Waals surface area contributed by atoms with Crippen LogP contribution in [0.15, 0.2) is 36.7 Å². The average Bonchev–Trinajstić information content (AvgIpc) is 3.26. The highest BCUT2D eigenvalue weighted by Gasteiger charge is 2.43. The number of carbonyl (C=O) groups excluding carboxylic acids is 2. The van der Waals surface area contributed by atoms with Crippen LogP contribution in [-0.4, -0.2) is 58.6 Å². The predicted octanol–water partition coefficient (Wildman–Crippen LogP) is 3.34. The minimum absolute atomic E-state index is 0.207. The molecule has 31 heavy (non-hydrogen) atoms. The highest BCUT2D eigenvalue weighted by molar-refractivity contribution is 6.03. The molecule has 0 saturated carbocycles. The van der Waals surface area contributed by atoms with Crippen LogP contribution in [0.25, 0.3) is 0 Å². The molecule has 2 amide bonds. The Morgan fingerprint density at radius 1 is 1.10 bits per heavy atom. The van der Waals surface area contributed by atoms with Gasteiger partial charge in [0.15, 0.2) is 5.82 Å². The molecule has 1 aromatic heterocycles. The molecule has 2 fully saturated rings. The number of likely N-dealkylation sites (tertiary alicyclic amines) is 1. The number of nitrogens with zero attached hydrogens (tertiary/aromatic N) is 4. The second kappa shape index (κ2) is 8.17. The van der Waals surface area contributed by atoms with Crippen LogP contribution in [0, 0.1) is 18.8 Å². The zero-order valence-corrected chi connectivity index (χ0v) is 18.5. The summed E-state index contributed by atoms with van der Waals surface area (Å²) in [4.78, 5) is 37.7. The molecule has 1 N–H and O–H groups in total. The fourth-order valence-corrected chi connectivity index (χ4v) is 4.20. The lowest BCUT2D eigenvalue weighted by molar-refractivity contribution is 0.0282. The standard InChI is InChI=1S/C23H29N5O3/c1-15-6-5-7-16(8-15)21(29)26-19-9-24-10-20(25-19)27-11-17-13-28(14-18(17)12-27)22(30)31-23(2,3)4/h5-10,17-18H,11-14H2,1-4H3,(H,25,26,29)/t17-,18+. The predicted molar refractivity (Wildman–Crippen MR) is 118 cm³/mol. The summed E-state index contributed by atoms with van der Waals surface area (Å²) in [6.07, 6.45) is 3.03. The van der Waals surface area contributed by atoms with Crippen LogP contribution in [0.4, 0.5) is 16.4 Å². The maximum absolute atomic E-state index is 12.5. The monoisotopic (exact) mass is 423 g/mol. The molecule has 2 saturated heterocycles. The SMILES string of the molecule is Cc1cccc(C(=O)Nc2cncc(N3C[C@H]4CN(C(=O)OC(C)(C)C)C[C@H]4C3)n2)c1. The van der Waals surface area contributed by atoms with Gasteiger partial charge in [0.25, 0.3) is 5.91 Å². The third-order valence-electron chi connectivity index (χ3n) is 5.61. The number of rotatable bonds is 3. The van der Waals surface area contributed by atoms with Crippen LogP contribution in [-0.2, 0) is 4.74 Å². The molecule has 2 aliphatic heterocycles. The van der Waals surface area contributed by atoms with Crippen molar-refractivity contribution in [3.63, 3.8) is 0 Å². The van der Waals surface area contributed by atoms with Crippen LogP contribution in [0.3, 0.4) is 0 Å². The van der Waals surface area contributed by atoms with E-state index in [9.17, 15) is 9.59 Å². The van der Waals surface area contributed by atoms with Crippen molar-refractivity contribution in [1.29, 1.82) is 0 Å². The van der Waals surface area contributed by atoms with Crippen molar-refractivity contribution in [2.45, 2.75) is 33.3 Å². The summed E-state index contributed by atoms with van der Waals surface area (Å²) in [5.74, 6) is 1.71. The number of nitrogens with one attached hydrogen (secondary N) is 1. The van der Waals surface area contributed by atoms with E-state index in [4.69, 9.17) is 4.74 Å². The summed E-state index contributed by atoms with van der Waals surface area (Å²) in [6.45, 7) is 10.6. The number of aromatic nitrogens is 2. The molecular weight excluding hydrogens is 394 g/mol. The number of amides is 2. The molecule has 0 unspecified atom stereocenters. The van der Waals surface area contributed by atoms with Gasteiger partial charge in [0.05, 0.1) is 12.4 Å². The molecule has 0 spiro atoms. The molecule has 4 rings (SSSR count).